The summed E-state index contributed by atoms with van der Waals surface area (Å²) in [6, 6.07) is 11.5. The van der Waals surface area contributed by atoms with Crippen LogP contribution in [-0.2, 0) is 4.79 Å². The Morgan fingerprint density at radius 3 is 2.52 bits per heavy atom. The van der Waals surface area contributed by atoms with Crippen LogP contribution in [0.4, 0.5) is 0 Å². The molecule has 0 radical (unpaired) electrons. The monoisotopic (exact) mass is 287 g/mol. The molecule has 0 aliphatic rings. The maximum Gasteiger partial charge on any atom is 0.307 e. The maximum atomic E-state index is 11.0. The topological polar surface area (TPSA) is 60.8 Å². The average Bonchev–Trinajstić information content (AvgIpc) is 2.47. The third-order valence-electron chi connectivity index (χ3n) is 4.03. The average molecular weight is 287 g/mol. The molecule has 0 heterocycles. The molecule has 2 rings (SSSR count). The van der Waals surface area contributed by atoms with Gasteiger partial charge in [0, 0.05) is 23.5 Å². The van der Waals surface area contributed by atoms with Crippen molar-refractivity contribution < 1.29 is 15.0 Å². The number of carbonyl (C=O) groups is 1. The van der Waals surface area contributed by atoms with Gasteiger partial charge < -0.3 is 10.2 Å². The molecule has 0 fully saturated rings. The fraction of sp³-hybridized carbons (Fsp3) is 0.353. The number of hydrogen-bond donors (Lipinski definition) is 2. The molecule has 112 valence electrons. The van der Waals surface area contributed by atoms with E-state index in [1.54, 1.807) is 6.92 Å². The number of benzene rings is 2. The number of carboxylic acids is 1. The standard InChI is InChI=1S/C17H21NO3/c1-11(17(20)21)10-18(3)12(2)14-9-8-13-6-4-5-7-15(13)16(14)19/h4-9,11-12,19H,10H2,1-3H3,(H,20,21). The van der Waals surface area contributed by atoms with E-state index in [1.165, 1.54) is 0 Å². The molecule has 0 saturated heterocycles. The van der Waals surface area contributed by atoms with Gasteiger partial charge in [0.15, 0.2) is 0 Å². The predicted octanol–water partition coefficient (Wildman–Crippen LogP) is 3.26. The Morgan fingerprint density at radius 2 is 1.86 bits per heavy atom. The summed E-state index contributed by atoms with van der Waals surface area (Å²) in [6.07, 6.45) is 0. The lowest BCUT2D eigenvalue weighted by molar-refractivity contribution is -0.141. The maximum absolute atomic E-state index is 11.0. The number of rotatable bonds is 5. The molecule has 21 heavy (non-hydrogen) atoms. The van der Waals surface area contributed by atoms with Gasteiger partial charge >= 0.3 is 5.97 Å². The van der Waals surface area contributed by atoms with Crippen molar-refractivity contribution in [2.75, 3.05) is 13.6 Å². The van der Waals surface area contributed by atoms with Gasteiger partial charge in [-0.05, 0) is 19.4 Å². The summed E-state index contributed by atoms with van der Waals surface area (Å²) < 4.78 is 0. The minimum absolute atomic E-state index is 0.0589. The van der Waals surface area contributed by atoms with Gasteiger partial charge in [0.05, 0.1) is 5.92 Å². The number of carboxylic acid groups (broad SMARTS) is 1. The van der Waals surface area contributed by atoms with Crippen LogP contribution in [0, 0.1) is 5.92 Å². The Balaban J connectivity index is 2.28. The first-order chi connectivity index (χ1) is 9.91. The molecule has 0 saturated carbocycles. The Labute approximate surface area is 124 Å². The minimum Gasteiger partial charge on any atom is -0.507 e. The molecule has 2 atom stereocenters. The number of aromatic hydroxyl groups is 1. The number of fused-ring (bicyclic) bond motifs is 1. The molecule has 4 nitrogen and oxygen atoms in total. The van der Waals surface area contributed by atoms with E-state index in [0.29, 0.717) is 6.54 Å². The van der Waals surface area contributed by atoms with E-state index >= 15 is 0 Å². The highest BCUT2D eigenvalue weighted by atomic mass is 16.4. The molecule has 2 aromatic rings. The lowest BCUT2D eigenvalue weighted by atomic mass is 9.99. The van der Waals surface area contributed by atoms with E-state index in [1.807, 2.05) is 55.3 Å². The van der Waals surface area contributed by atoms with Crippen LogP contribution in [0.5, 0.6) is 5.75 Å². The quantitative estimate of drug-likeness (QED) is 0.886. The van der Waals surface area contributed by atoms with Crippen LogP contribution in [0.15, 0.2) is 36.4 Å². The summed E-state index contributed by atoms with van der Waals surface area (Å²) in [4.78, 5) is 12.9. The lowest BCUT2D eigenvalue weighted by Gasteiger charge is -2.27. The summed E-state index contributed by atoms with van der Waals surface area (Å²) >= 11 is 0. The zero-order chi connectivity index (χ0) is 15.6. The van der Waals surface area contributed by atoms with E-state index in [2.05, 4.69) is 0 Å². The highest BCUT2D eigenvalue weighted by Gasteiger charge is 2.21. The normalized spacial score (nSPS) is 14.3. The molecule has 0 bridgehead atoms. The van der Waals surface area contributed by atoms with Crippen LogP contribution >= 0.6 is 0 Å². The second kappa shape index (κ2) is 6.14. The van der Waals surface area contributed by atoms with E-state index < -0.39 is 11.9 Å². The molecular weight excluding hydrogens is 266 g/mol. The highest BCUT2D eigenvalue weighted by Crippen LogP contribution is 2.34. The number of nitrogens with zero attached hydrogens (tertiary/aromatic N) is 1. The van der Waals surface area contributed by atoms with Crippen molar-refractivity contribution in [2.24, 2.45) is 5.92 Å². The molecular formula is C17H21NO3. The summed E-state index contributed by atoms with van der Waals surface area (Å²) in [5.41, 5.74) is 0.814. The minimum atomic E-state index is -0.809. The summed E-state index contributed by atoms with van der Waals surface area (Å²) in [5, 5.41) is 21.3. The van der Waals surface area contributed by atoms with Gasteiger partial charge in [-0.1, -0.05) is 43.3 Å². The molecule has 2 N–H and O–H groups in total. The van der Waals surface area contributed by atoms with Crippen LogP contribution in [0.25, 0.3) is 10.8 Å². The van der Waals surface area contributed by atoms with Crippen molar-refractivity contribution in [3.63, 3.8) is 0 Å². The Hall–Kier alpha value is -2.07. The smallest absolute Gasteiger partial charge is 0.307 e. The number of aliphatic carboxylic acids is 1. The number of phenols is 1. The molecule has 2 aromatic carbocycles. The first kappa shape index (κ1) is 15.3. The molecule has 2 unspecified atom stereocenters. The van der Waals surface area contributed by atoms with Crippen LogP contribution < -0.4 is 0 Å². The van der Waals surface area contributed by atoms with E-state index in [9.17, 15) is 9.90 Å². The summed E-state index contributed by atoms with van der Waals surface area (Å²) in [6.45, 7) is 4.09. The second-order valence-electron chi connectivity index (χ2n) is 5.58. The Kier molecular flexibility index (Phi) is 4.48. The van der Waals surface area contributed by atoms with Crippen molar-refractivity contribution in [3.8, 4) is 5.75 Å². The highest BCUT2D eigenvalue weighted by molar-refractivity contribution is 5.89. The zero-order valence-corrected chi connectivity index (χ0v) is 12.6. The van der Waals surface area contributed by atoms with Gasteiger partial charge in [-0.25, -0.2) is 0 Å². The largest absolute Gasteiger partial charge is 0.507 e. The fourth-order valence-electron chi connectivity index (χ4n) is 2.51. The first-order valence-corrected chi connectivity index (χ1v) is 7.05. The van der Waals surface area contributed by atoms with Crippen molar-refractivity contribution >= 4 is 16.7 Å². The zero-order valence-electron chi connectivity index (χ0n) is 12.6. The van der Waals surface area contributed by atoms with Gasteiger partial charge in [-0.3, -0.25) is 9.69 Å². The number of phenolic OH excluding ortho intramolecular Hbond substituents is 1. The van der Waals surface area contributed by atoms with E-state index in [0.717, 1.165) is 16.3 Å². The van der Waals surface area contributed by atoms with E-state index in [4.69, 9.17) is 5.11 Å². The fourth-order valence-corrected chi connectivity index (χ4v) is 2.51. The van der Waals surface area contributed by atoms with E-state index in [-0.39, 0.29) is 11.8 Å². The van der Waals surface area contributed by atoms with Crippen molar-refractivity contribution in [1.29, 1.82) is 0 Å². The van der Waals surface area contributed by atoms with Gasteiger partial charge in [-0.2, -0.15) is 0 Å². The third-order valence-corrected chi connectivity index (χ3v) is 4.03. The Bertz CT molecular complexity index is 654. The summed E-state index contributed by atoms with van der Waals surface area (Å²) in [7, 11) is 1.87. The van der Waals surface area contributed by atoms with Gasteiger partial charge in [0.25, 0.3) is 0 Å². The second-order valence-corrected chi connectivity index (χ2v) is 5.58. The molecule has 0 amide bonds. The summed E-state index contributed by atoms with van der Waals surface area (Å²) in [5.74, 6) is -0.979. The molecule has 0 aliphatic carbocycles. The molecule has 0 spiro atoms. The predicted molar refractivity (Wildman–Crippen MR) is 83.5 cm³/mol. The van der Waals surface area contributed by atoms with Crippen molar-refractivity contribution in [1.82, 2.24) is 4.90 Å². The van der Waals surface area contributed by atoms with Crippen LogP contribution in [-0.4, -0.2) is 34.7 Å². The van der Waals surface area contributed by atoms with Crippen molar-refractivity contribution in [2.45, 2.75) is 19.9 Å². The molecule has 0 aliphatic heterocycles. The third kappa shape index (κ3) is 3.16. The van der Waals surface area contributed by atoms with Gasteiger partial charge in [0.2, 0.25) is 0 Å². The van der Waals surface area contributed by atoms with Gasteiger partial charge in [-0.15, -0.1) is 0 Å². The van der Waals surface area contributed by atoms with Crippen LogP contribution in [0.3, 0.4) is 0 Å². The number of hydrogen-bond acceptors (Lipinski definition) is 3. The molecule has 0 aromatic heterocycles. The Morgan fingerprint density at radius 1 is 1.19 bits per heavy atom. The SMILES string of the molecule is CC(CN(C)C(C)c1ccc2ccccc2c1O)C(=O)O. The van der Waals surface area contributed by atoms with Crippen LogP contribution in [0.1, 0.15) is 25.5 Å². The van der Waals surface area contributed by atoms with Gasteiger partial charge in [0.1, 0.15) is 5.75 Å². The van der Waals surface area contributed by atoms with Crippen LogP contribution in [0.2, 0.25) is 0 Å². The first-order valence-electron chi connectivity index (χ1n) is 7.05. The lowest BCUT2D eigenvalue weighted by Crippen LogP contribution is -2.30. The molecule has 4 heteroatoms. The van der Waals surface area contributed by atoms with Crippen molar-refractivity contribution in [3.05, 3.63) is 42.0 Å².